The quantitative estimate of drug-likeness (QED) is 0.397. The molecular formula is C28H29ClFN3O5. The molecule has 8 nitrogen and oxygen atoms in total. The summed E-state index contributed by atoms with van der Waals surface area (Å²) in [5.74, 6) is -1.52. The first-order valence-corrected chi connectivity index (χ1v) is 13.4. The van der Waals surface area contributed by atoms with E-state index in [0.29, 0.717) is 29.5 Å². The highest BCUT2D eigenvalue weighted by Gasteiger charge is 2.45. The number of esters is 1. The van der Waals surface area contributed by atoms with Crippen molar-refractivity contribution in [2.45, 2.75) is 77.4 Å². The molecule has 3 aromatic rings. The lowest BCUT2D eigenvalue weighted by Crippen LogP contribution is -2.44. The fourth-order valence-electron chi connectivity index (χ4n) is 6.48. The second-order valence-corrected chi connectivity index (χ2v) is 11.2. The number of carbonyl (C=O) groups is 1. The van der Waals surface area contributed by atoms with Crippen molar-refractivity contribution in [2.75, 3.05) is 6.54 Å². The summed E-state index contributed by atoms with van der Waals surface area (Å²) in [5, 5.41) is 11.3. The second-order valence-electron chi connectivity index (χ2n) is 10.8. The number of hydrogen-bond donors (Lipinski definition) is 1. The highest BCUT2D eigenvalue weighted by atomic mass is 35.5. The first-order chi connectivity index (χ1) is 18.1. The van der Waals surface area contributed by atoms with Crippen molar-refractivity contribution in [3.8, 4) is 11.3 Å². The van der Waals surface area contributed by atoms with Crippen LogP contribution in [0.1, 0.15) is 56.9 Å². The van der Waals surface area contributed by atoms with Crippen LogP contribution in [0.2, 0.25) is 5.02 Å². The number of benzene rings is 1. The number of ether oxygens (including phenoxy) is 1. The van der Waals surface area contributed by atoms with Crippen LogP contribution in [0.15, 0.2) is 27.8 Å². The lowest BCUT2D eigenvalue weighted by atomic mass is 9.85. The molecule has 0 aliphatic carbocycles. The van der Waals surface area contributed by atoms with Crippen LogP contribution >= 0.6 is 11.6 Å². The van der Waals surface area contributed by atoms with Gasteiger partial charge in [-0.15, -0.1) is 0 Å². The Morgan fingerprint density at radius 2 is 2.00 bits per heavy atom. The average molecular weight is 542 g/mol. The minimum Gasteiger partial charge on any atom is -0.458 e. The van der Waals surface area contributed by atoms with Crippen LogP contribution in [0.5, 0.6) is 0 Å². The molecule has 0 unspecified atom stereocenters. The standard InChI is InChI=1S/C28H29ClFN3O5/c1-4-28(37)18-9-22-24-23(12-33(22)26(35)17(18)13-38-27(28)36)32(11-15-6-5-7-31(15)14(2)3)21-10-19(29)20(30)8-16(21)25(24)34/h8-10,14-15,37H,4-7,11-13H2,1-3H3/t15-,28+/m1/s1. The van der Waals surface area contributed by atoms with Gasteiger partial charge in [0.2, 0.25) is 0 Å². The average Bonchev–Trinajstić information content (AvgIpc) is 3.51. The molecule has 3 aliphatic rings. The summed E-state index contributed by atoms with van der Waals surface area (Å²) in [5.41, 5.74) is -0.714. The summed E-state index contributed by atoms with van der Waals surface area (Å²) < 4.78 is 23.3. The maximum Gasteiger partial charge on any atom is 0.343 e. The summed E-state index contributed by atoms with van der Waals surface area (Å²) >= 11 is 6.19. The zero-order valence-electron chi connectivity index (χ0n) is 21.5. The molecule has 6 rings (SSSR count). The maximum absolute atomic E-state index is 14.6. The van der Waals surface area contributed by atoms with Crippen LogP contribution in [-0.2, 0) is 34.8 Å². The molecule has 2 aromatic heterocycles. The number of aromatic nitrogens is 2. The van der Waals surface area contributed by atoms with E-state index in [1.54, 1.807) is 13.0 Å². The van der Waals surface area contributed by atoms with E-state index in [1.807, 2.05) is 4.57 Å². The molecule has 3 aliphatic heterocycles. The van der Waals surface area contributed by atoms with Gasteiger partial charge < -0.3 is 19.0 Å². The Labute approximate surface area is 223 Å². The smallest absolute Gasteiger partial charge is 0.343 e. The zero-order valence-corrected chi connectivity index (χ0v) is 22.3. The predicted octanol–water partition coefficient (Wildman–Crippen LogP) is 3.51. The number of pyridine rings is 2. The van der Waals surface area contributed by atoms with Crippen molar-refractivity contribution in [2.24, 2.45) is 0 Å². The third kappa shape index (κ3) is 3.45. The van der Waals surface area contributed by atoms with E-state index >= 15 is 0 Å². The molecule has 0 bridgehead atoms. The molecule has 38 heavy (non-hydrogen) atoms. The number of rotatable bonds is 4. The van der Waals surface area contributed by atoms with Crippen LogP contribution in [0.25, 0.3) is 22.2 Å². The fourth-order valence-corrected chi connectivity index (χ4v) is 6.64. The maximum atomic E-state index is 14.6. The molecule has 200 valence electrons. The van der Waals surface area contributed by atoms with E-state index in [0.717, 1.165) is 25.5 Å². The Hall–Kier alpha value is -3.01. The highest BCUT2D eigenvalue weighted by molar-refractivity contribution is 6.31. The molecule has 0 saturated carbocycles. The Morgan fingerprint density at radius 3 is 2.71 bits per heavy atom. The number of carbonyl (C=O) groups excluding carboxylic acids is 1. The van der Waals surface area contributed by atoms with E-state index in [1.165, 1.54) is 10.6 Å². The summed E-state index contributed by atoms with van der Waals surface area (Å²) in [6.45, 7) is 7.32. The van der Waals surface area contributed by atoms with Gasteiger partial charge in [-0.25, -0.2) is 9.18 Å². The van der Waals surface area contributed by atoms with Gasteiger partial charge in [0, 0.05) is 29.6 Å². The van der Waals surface area contributed by atoms with E-state index < -0.39 is 28.4 Å². The Morgan fingerprint density at radius 1 is 1.24 bits per heavy atom. The van der Waals surface area contributed by atoms with Gasteiger partial charge in [0.25, 0.3) is 5.56 Å². The third-order valence-electron chi connectivity index (χ3n) is 8.50. The molecule has 0 amide bonds. The topological polar surface area (TPSA) is 93.8 Å². The monoisotopic (exact) mass is 541 g/mol. The predicted molar refractivity (Wildman–Crippen MR) is 141 cm³/mol. The first kappa shape index (κ1) is 25.3. The highest BCUT2D eigenvalue weighted by Crippen LogP contribution is 2.39. The zero-order chi connectivity index (χ0) is 27.1. The summed E-state index contributed by atoms with van der Waals surface area (Å²) in [4.78, 5) is 42.5. The van der Waals surface area contributed by atoms with Gasteiger partial charge in [-0.3, -0.25) is 14.5 Å². The van der Waals surface area contributed by atoms with E-state index in [4.69, 9.17) is 16.3 Å². The normalized spacial score (nSPS) is 22.6. The first-order valence-electron chi connectivity index (χ1n) is 13.0. The van der Waals surface area contributed by atoms with Crippen LogP contribution < -0.4 is 11.0 Å². The van der Waals surface area contributed by atoms with Crippen molar-refractivity contribution < 1.29 is 19.0 Å². The number of nitrogens with zero attached hydrogens (tertiary/aromatic N) is 3. The van der Waals surface area contributed by atoms with Crippen molar-refractivity contribution in [3.63, 3.8) is 0 Å². The van der Waals surface area contributed by atoms with Gasteiger partial charge >= 0.3 is 5.97 Å². The lowest BCUT2D eigenvalue weighted by Gasteiger charge is -2.31. The molecule has 10 heteroatoms. The molecule has 0 radical (unpaired) electrons. The van der Waals surface area contributed by atoms with Gasteiger partial charge in [-0.05, 0) is 57.9 Å². The molecule has 0 spiro atoms. The van der Waals surface area contributed by atoms with E-state index in [9.17, 15) is 23.9 Å². The van der Waals surface area contributed by atoms with Crippen molar-refractivity contribution in [1.29, 1.82) is 0 Å². The number of fused-ring (bicyclic) bond motifs is 5. The van der Waals surface area contributed by atoms with Crippen molar-refractivity contribution in [3.05, 3.63) is 66.4 Å². The number of halogens is 2. The summed E-state index contributed by atoms with van der Waals surface area (Å²) in [6.07, 6.45) is 2.03. The molecule has 1 fully saturated rings. The lowest BCUT2D eigenvalue weighted by molar-refractivity contribution is -0.172. The Kier molecular flexibility index (Phi) is 5.83. The summed E-state index contributed by atoms with van der Waals surface area (Å²) in [6, 6.07) is 4.73. The van der Waals surface area contributed by atoms with Crippen molar-refractivity contribution >= 4 is 28.5 Å². The number of hydrogen-bond acceptors (Lipinski definition) is 6. The van der Waals surface area contributed by atoms with Gasteiger partial charge in [0.15, 0.2) is 11.0 Å². The minimum absolute atomic E-state index is 0.00691. The van der Waals surface area contributed by atoms with Crippen LogP contribution in [0, 0.1) is 5.82 Å². The van der Waals surface area contributed by atoms with E-state index in [2.05, 4.69) is 18.7 Å². The van der Waals surface area contributed by atoms with Gasteiger partial charge in [0.1, 0.15) is 12.4 Å². The van der Waals surface area contributed by atoms with E-state index in [-0.39, 0.29) is 52.7 Å². The second kappa shape index (κ2) is 8.76. The van der Waals surface area contributed by atoms with Crippen LogP contribution in [-0.4, -0.2) is 43.7 Å². The van der Waals surface area contributed by atoms with Crippen LogP contribution in [0.4, 0.5) is 4.39 Å². The molecule has 1 aromatic carbocycles. The number of aliphatic hydroxyl groups is 1. The molecule has 1 N–H and O–H groups in total. The number of likely N-dealkylation sites (tertiary alicyclic amines) is 1. The van der Waals surface area contributed by atoms with Gasteiger partial charge in [-0.1, -0.05) is 18.5 Å². The fraction of sp³-hybridized carbons (Fsp3) is 0.464. The summed E-state index contributed by atoms with van der Waals surface area (Å²) in [7, 11) is 0. The largest absolute Gasteiger partial charge is 0.458 e. The third-order valence-corrected chi connectivity index (χ3v) is 8.79. The van der Waals surface area contributed by atoms with Crippen molar-refractivity contribution in [1.82, 2.24) is 14.0 Å². The number of cyclic esters (lactones) is 1. The SMILES string of the molecule is CC[C@@]1(O)C(=O)OCc2c1cc1n(c2=O)Cc2c-1c(=O)c1cc(F)c(Cl)cc1n2C[C@H]1CCCN1C(C)C. The Bertz CT molecular complexity index is 1640. The van der Waals surface area contributed by atoms with Gasteiger partial charge in [0.05, 0.1) is 39.6 Å². The Balaban J connectivity index is 1.64. The molecule has 5 heterocycles. The molecule has 1 saturated heterocycles. The van der Waals surface area contributed by atoms with Gasteiger partial charge in [-0.2, -0.15) is 0 Å². The minimum atomic E-state index is -1.98. The molecule has 2 atom stereocenters. The van der Waals surface area contributed by atoms with Crippen LogP contribution in [0.3, 0.4) is 0 Å². The molecular weight excluding hydrogens is 513 g/mol.